The molecule has 0 spiro atoms. The van der Waals surface area contributed by atoms with E-state index in [1.165, 1.54) is 25.7 Å². The molecule has 2 nitrogen and oxygen atoms in total. The zero-order chi connectivity index (χ0) is 12.9. The summed E-state index contributed by atoms with van der Waals surface area (Å²) in [4.78, 5) is 0. The van der Waals surface area contributed by atoms with Crippen LogP contribution in [0, 0.1) is 0 Å². The van der Waals surface area contributed by atoms with Gasteiger partial charge < -0.3 is 10.1 Å². The lowest BCUT2D eigenvalue weighted by atomic mass is 10.00. The van der Waals surface area contributed by atoms with Crippen molar-refractivity contribution in [1.29, 1.82) is 0 Å². The number of hydrogen-bond acceptors (Lipinski definition) is 2. The first-order chi connectivity index (χ1) is 8.29. The van der Waals surface area contributed by atoms with Gasteiger partial charge in [0.1, 0.15) is 0 Å². The summed E-state index contributed by atoms with van der Waals surface area (Å²) >= 11 is 0. The molecule has 0 aromatic heterocycles. The minimum Gasteiger partial charge on any atom is -0.377 e. The molecule has 0 saturated heterocycles. The third-order valence-electron chi connectivity index (χ3n) is 2.98. The standard InChI is InChI=1S/C15H31NO/c1-5-9-10-12-14(16-13-7-3)15(11-6-2)17-8-4/h5,14-16H,1,6-13H2,2-4H3. The van der Waals surface area contributed by atoms with Crippen LogP contribution in [0.25, 0.3) is 0 Å². The van der Waals surface area contributed by atoms with Crippen LogP contribution in [0.1, 0.15) is 59.3 Å². The van der Waals surface area contributed by atoms with Crippen LogP contribution in [0.2, 0.25) is 0 Å². The number of unbranched alkanes of at least 4 members (excludes halogenated alkanes) is 1. The van der Waals surface area contributed by atoms with E-state index in [0.29, 0.717) is 12.1 Å². The lowest BCUT2D eigenvalue weighted by molar-refractivity contribution is 0.0255. The highest BCUT2D eigenvalue weighted by Crippen LogP contribution is 2.14. The molecule has 0 aromatic carbocycles. The molecule has 0 fully saturated rings. The van der Waals surface area contributed by atoms with Crippen molar-refractivity contribution in [2.45, 2.75) is 71.4 Å². The second-order valence-corrected chi connectivity index (χ2v) is 4.56. The highest BCUT2D eigenvalue weighted by Gasteiger charge is 2.19. The zero-order valence-electron chi connectivity index (χ0n) is 12.0. The smallest absolute Gasteiger partial charge is 0.0727 e. The van der Waals surface area contributed by atoms with Crippen LogP contribution in [-0.4, -0.2) is 25.3 Å². The Kier molecular flexibility index (Phi) is 11.9. The van der Waals surface area contributed by atoms with Gasteiger partial charge in [0.25, 0.3) is 0 Å². The van der Waals surface area contributed by atoms with Crippen molar-refractivity contribution in [3.8, 4) is 0 Å². The zero-order valence-corrected chi connectivity index (χ0v) is 12.0. The van der Waals surface area contributed by atoms with Gasteiger partial charge in [0.15, 0.2) is 0 Å². The highest BCUT2D eigenvalue weighted by atomic mass is 16.5. The van der Waals surface area contributed by atoms with E-state index >= 15 is 0 Å². The van der Waals surface area contributed by atoms with E-state index in [-0.39, 0.29) is 0 Å². The molecule has 0 aliphatic carbocycles. The third kappa shape index (κ3) is 8.39. The van der Waals surface area contributed by atoms with E-state index in [4.69, 9.17) is 4.74 Å². The molecule has 0 bridgehead atoms. The molecular weight excluding hydrogens is 210 g/mol. The van der Waals surface area contributed by atoms with Crippen LogP contribution in [0.4, 0.5) is 0 Å². The fourth-order valence-corrected chi connectivity index (χ4v) is 2.13. The first kappa shape index (κ1) is 16.7. The Morgan fingerprint density at radius 2 is 1.94 bits per heavy atom. The Hall–Kier alpha value is -0.340. The number of allylic oxidation sites excluding steroid dienone is 1. The van der Waals surface area contributed by atoms with E-state index in [1.807, 2.05) is 6.08 Å². The van der Waals surface area contributed by atoms with Crippen molar-refractivity contribution >= 4 is 0 Å². The molecule has 0 amide bonds. The predicted molar refractivity (Wildman–Crippen MR) is 76.5 cm³/mol. The summed E-state index contributed by atoms with van der Waals surface area (Å²) in [5.74, 6) is 0. The Labute approximate surface area is 108 Å². The fourth-order valence-electron chi connectivity index (χ4n) is 2.13. The van der Waals surface area contributed by atoms with Crippen LogP contribution in [0.5, 0.6) is 0 Å². The fraction of sp³-hybridized carbons (Fsp3) is 0.867. The Morgan fingerprint density at radius 3 is 2.47 bits per heavy atom. The Morgan fingerprint density at radius 1 is 1.18 bits per heavy atom. The van der Waals surface area contributed by atoms with Gasteiger partial charge in [0.05, 0.1) is 6.10 Å². The number of rotatable bonds is 12. The van der Waals surface area contributed by atoms with Gasteiger partial charge in [0, 0.05) is 12.6 Å². The van der Waals surface area contributed by atoms with Crippen LogP contribution >= 0.6 is 0 Å². The molecule has 1 N–H and O–H groups in total. The van der Waals surface area contributed by atoms with Crippen LogP contribution in [0.3, 0.4) is 0 Å². The lowest BCUT2D eigenvalue weighted by Crippen LogP contribution is -2.41. The second kappa shape index (κ2) is 12.1. The summed E-state index contributed by atoms with van der Waals surface area (Å²) in [5.41, 5.74) is 0. The minimum atomic E-state index is 0.376. The van der Waals surface area contributed by atoms with Crippen LogP contribution in [0.15, 0.2) is 12.7 Å². The van der Waals surface area contributed by atoms with Crippen molar-refractivity contribution in [2.24, 2.45) is 0 Å². The summed E-state index contributed by atoms with van der Waals surface area (Å²) in [7, 11) is 0. The minimum absolute atomic E-state index is 0.376. The van der Waals surface area contributed by atoms with Crippen molar-refractivity contribution in [1.82, 2.24) is 5.32 Å². The lowest BCUT2D eigenvalue weighted by Gasteiger charge is -2.28. The van der Waals surface area contributed by atoms with Gasteiger partial charge in [-0.2, -0.15) is 0 Å². The molecule has 0 aliphatic heterocycles. The van der Waals surface area contributed by atoms with Gasteiger partial charge >= 0.3 is 0 Å². The molecular formula is C15H31NO. The second-order valence-electron chi connectivity index (χ2n) is 4.56. The molecule has 0 aromatic rings. The summed E-state index contributed by atoms with van der Waals surface area (Å²) in [6.07, 6.45) is 9.42. The molecule has 0 aliphatic rings. The first-order valence-corrected chi connectivity index (χ1v) is 7.25. The maximum atomic E-state index is 5.88. The maximum Gasteiger partial charge on any atom is 0.0727 e. The molecule has 0 rings (SSSR count). The maximum absolute atomic E-state index is 5.88. The van der Waals surface area contributed by atoms with Crippen molar-refractivity contribution in [3.63, 3.8) is 0 Å². The molecule has 17 heavy (non-hydrogen) atoms. The molecule has 2 atom stereocenters. The number of hydrogen-bond donors (Lipinski definition) is 1. The molecule has 2 unspecified atom stereocenters. The molecule has 0 radical (unpaired) electrons. The first-order valence-electron chi connectivity index (χ1n) is 7.25. The quantitative estimate of drug-likeness (QED) is 0.413. The van der Waals surface area contributed by atoms with E-state index in [2.05, 4.69) is 32.7 Å². The normalized spacial score (nSPS) is 14.5. The summed E-state index contributed by atoms with van der Waals surface area (Å²) in [6.45, 7) is 12.2. The Balaban J connectivity index is 4.19. The molecule has 0 saturated carbocycles. The monoisotopic (exact) mass is 241 g/mol. The van der Waals surface area contributed by atoms with Crippen molar-refractivity contribution in [2.75, 3.05) is 13.2 Å². The van der Waals surface area contributed by atoms with Crippen LogP contribution < -0.4 is 5.32 Å². The molecule has 0 heterocycles. The largest absolute Gasteiger partial charge is 0.377 e. The van der Waals surface area contributed by atoms with Crippen LogP contribution in [-0.2, 0) is 4.74 Å². The van der Waals surface area contributed by atoms with E-state index in [0.717, 1.165) is 26.0 Å². The molecule has 102 valence electrons. The molecule has 2 heteroatoms. The third-order valence-corrected chi connectivity index (χ3v) is 2.98. The highest BCUT2D eigenvalue weighted by molar-refractivity contribution is 4.78. The summed E-state index contributed by atoms with van der Waals surface area (Å²) < 4.78 is 5.88. The van der Waals surface area contributed by atoms with Gasteiger partial charge in [-0.3, -0.25) is 0 Å². The van der Waals surface area contributed by atoms with E-state index in [9.17, 15) is 0 Å². The average molecular weight is 241 g/mol. The van der Waals surface area contributed by atoms with Gasteiger partial charge in [-0.15, -0.1) is 6.58 Å². The summed E-state index contributed by atoms with van der Waals surface area (Å²) in [6, 6.07) is 0.509. The van der Waals surface area contributed by atoms with Crippen molar-refractivity contribution in [3.05, 3.63) is 12.7 Å². The van der Waals surface area contributed by atoms with Gasteiger partial charge in [-0.05, 0) is 45.6 Å². The van der Waals surface area contributed by atoms with E-state index in [1.54, 1.807) is 0 Å². The SMILES string of the molecule is C=CCCCC(NCCC)C(CCC)OCC. The van der Waals surface area contributed by atoms with Gasteiger partial charge in [-0.25, -0.2) is 0 Å². The van der Waals surface area contributed by atoms with Gasteiger partial charge in [0.2, 0.25) is 0 Å². The number of nitrogens with one attached hydrogen (secondary N) is 1. The van der Waals surface area contributed by atoms with Gasteiger partial charge in [-0.1, -0.05) is 26.3 Å². The summed E-state index contributed by atoms with van der Waals surface area (Å²) in [5, 5.41) is 3.64. The Bertz CT molecular complexity index is 164. The van der Waals surface area contributed by atoms with Crippen molar-refractivity contribution < 1.29 is 4.74 Å². The predicted octanol–water partition coefficient (Wildman–Crippen LogP) is 3.92. The van der Waals surface area contributed by atoms with E-state index < -0.39 is 0 Å². The number of ether oxygens (including phenoxy) is 1. The topological polar surface area (TPSA) is 21.3 Å². The average Bonchev–Trinajstić information content (AvgIpc) is 2.33.